The first-order valence-electron chi connectivity index (χ1n) is 10.4. The first kappa shape index (κ1) is 23.9. The molecule has 6 nitrogen and oxygen atoms in total. The number of Topliss-reactive ketones (excluding diaryl/α,β-unsaturated/α-hetero) is 1. The van der Waals surface area contributed by atoms with Crippen LogP contribution in [-0.2, 0) is 16.1 Å². The van der Waals surface area contributed by atoms with Gasteiger partial charge in [-0.25, -0.2) is 4.79 Å². The van der Waals surface area contributed by atoms with Gasteiger partial charge in [0.25, 0.3) is 0 Å². The second-order valence-electron chi connectivity index (χ2n) is 7.87. The first-order valence-corrected chi connectivity index (χ1v) is 10.4. The number of aryl methyl sites for hydroxylation is 1. The fourth-order valence-corrected chi connectivity index (χ4v) is 3.31. The third-order valence-corrected chi connectivity index (χ3v) is 4.90. The second kappa shape index (κ2) is 10.6. The van der Waals surface area contributed by atoms with Gasteiger partial charge < -0.3 is 14.0 Å². The molecule has 0 amide bonds. The Morgan fingerprint density at radius 1 is 1.16 bits per heavy atom. The minimum atomic E-state index is -1.02. The zero-order valence-corrected chi connectivity index (χ0v) is 19.1. The number of rotatable bonds is 9. The van der Waals surface area contributed by atoms with E-state index in [9.17, 15) is 14.9 Å². The SMILES string of the molecule is CCOc1ccc(C(=O)[C@H](C)OC(=O)/C(C#N)=C/c2cc(C)n(CC(C)C)c2C)cc1. The molecule has 0 spiro atoms. The summed E-state index contributed by atoms with van der Waals surface area (Å²) in [4.78, 5) is 25.2. The lowest BCUT2D eigenvalue weighted by atomic mass is 10.1. The van der Waals surface area contributed by atoms with Crippen LogP contribution < -0.4 is 4.74 Å². The van der Waals surface area contributed by atoms with Crippen molar-refractivity contribution in [3.8, 4) is 11.8 Å². The molecule has 1 atom stereocenters. The number of carbonyl (C=O) groups is 2. The zero-order valence-electron chi connectivity index (χ0n) is 19.1. The largest absolute Gasteiger partial charge is 0.494 e. The Balaban J connectivity index is 2.15. The highest BCUT2D eigenvalue weighted by atomic mass is 16.5. The lowest BCUT2D eigenvalue weighted by Crippen LogP contribution is -2.25. The molecule has 0 bridgehead atoms. The normalized spacial score (nSPS) is 12.4. The molecule has 0 unspecified atom stereocenters. The highest BCUT2D eigenvalue weighted by Crippen LogP contribution is 2.21. The third kappa shape index (κ3) is 6.08. The predicted molar refractivity (Wildman–Crippen MR) is 120 cm³/mol. The second-order valence-corrected chi connectivity index (χ2v) is 7.87. The molecule has 2 aromatic rings. The summed E-state index contributed by atoms with van der Waals surface area (Å²) >= 11 is 0. The van der Waals surface area contributed by atoms with E-state index in [1.807, 2.05) is 32.9 Å². The highest BCUT2D eigenvalue weighted by molar-refractivity contribution is 6.03. The van der Waals surface area contributed by atoms with Crippen LogP contribution in [0.2, 0.25) is 0 Å². The first-order chi connectivity index (χ1) is 14.7. The summed E-state index contributed by atoms with van der Waals surface area (Å²) in [5.41, 5.74) is 3.09. The molecule has 0 aliphatic carbocycles. The number of nitriles is 1. The van der Waals surface area contributed by atoms with Crippen molar-refractivity contribution in [3.05, 3.63) is 58.4 Å². The van der Waals surface area contributed by atoms with Crippen LogP contribution in [0.4, 0.5) is 0 Å². The van der Waals surface area contributed by atoms with Crippen LogP contribution in [-0.4, -0.2) is 29.0 Å². The van der Waals surface area contributed by atoms with Crippen LogP contribution in [0, 0.1) is 31.1 Å². The maximum atomic E-state index is 12.6. The number of hydrogen-bond acceptors (Lipinski definition) is 5. The van der Waals surface area contributed by atoms with Gasteiger partial charge in [0, 0.05) is 23.5 Å². The molecule has 31 heavy (non-hydrogen) atoms. The molecular weight excluding hydrogens is 392 g/mol. The summed E-state index contributed by atoms with van der Waals surface area (Å²) in [5, 5.41) is 9.50. The molecule has 1 aromatic carbocycles. The van der Waals surface area contributed by atoms with E-state index in [-0.39, 0.29) is 11.4 Å². The van der Waals surface area contributed by atoms with E-state index in [0.29, 0.717) is 23.8 Å². The van der Waals surface area contributed by atoms with Crippen molar-refractivity contribution in [1.29, 1.82) is 5.26 Å². The molecule has 0 saturated carbocycles. The number of esters is 1. The van der Waals surface area contributed by atoms with Crippen LogP contribution in [0.15, 0.2) is 35.9 Å². The minimum Gasteiger partial charge on any atom is -0.494 e. The third-order valence-electron chi connectivity index (χ3n) is 4.90. The van der Waals surface area contributed by atoms with Crippen LogP contribution in [0.5, 0.6) is 5.75 Å². The van der Waals surface area contributed by atoms with Gasteiger partial charge >= 0.3 is 5.97 Å². The average Bonchev–Trinajstić information content (AvgIpc) is 2.99. The van der Waals surface area contributed by atoms with Crippen molar-refractivity contribution in [3.63, 3.8) is 0 Å². The molecule has 0 N–H and O–H groups in total. The number of ketones is 1. The summed E-state index contributed by atoms with van der Waals surface area (Å²) in [6.45, 7) is 13.0. The molecule has 0 radical (unpaired) electrons. The Labute approximate surface area is 184 Å². The van der Waals surface area contributed by atoms with Crippen LogP contribution in [0.3, 0.4) is 0 Å². The van der Waals surface area contributed by atoms with E-state index < -0.39 is 12.1 Å². The summed E-state index contributed by atoms with van der Waals surface area (Å²) in [6.07, 6.45) is 0.505. The molecule has 0 fully saturated rings. The summed E-state index contributed by atoms with van der Waals surface area (Å²) in [5.74, 6) is -0.0308. The molecule has 2 rings (SSSR count). The number of nitrogens with zero attached hydrogens (tertiary/aromatic N) is 2. The molecular formula is C25H30N2O4. The van der Waals surface area contributed by atoms with Gasteiger partial charge in [-0.15, -0.1) is 0 Å². The Kier molecular flexibility index (Phi) is 8.21. The quantitative estimate of drug-likeness (QED) is 0.249. The van der Waals surface area contributed by atoms with Crippen molar-refractivity contribution in [2.24, 2.45) is 5.92 Å². The van der Waals surface area contributed by atoms with Crippen molar-refractivity contribution < 1.29 is 19.1 Å². The van der Waals surface area contributed by atoms with Crippen LogP contribution in [0.1, 0.15) is 55.0 Å². The lowest BCUT2D eigenvalue weighted by molar-refractivity contribution is -0.141. The number of aromatic nitrogens is 1. The molecule has 0 aliphatic heterocycles. The van der Waals surface area contributed by atoms with Gasteiger partial charge in [0.1, 0.15) is 17.4 Å². The van der Waals surface area contributed by atoms with E-state index >= 15 is 0 Å². The van der Waals surface area contributed by atoms with E-state index in [0.717, 1.165) is 23.5 Å². The monoisotopic (exact) mass is 422 g/mol. The summed E-state index contributed by atoms with van der Waals surface area (Å²) in [6, 6.07) is 10.5. The van der Waals surface area contributed by atoms with Gasteiger partial charge in [0.2, 0.25) is 5.78 Å². The Hall–Kier alpha value is -3.33. The van der Waals surface area contributed by atoms with Crippen molar-refractivity contribution in [2.75, 3.05) is 6.61 Å². The topological polar surface area (TPSA) is 81.3 Å². The smallest absolute Gasteiger partial charge is 0.349 e. The molecule has 0 aliphatic rings. The lowest BCUT2D eigenvalue weighted by Gasteiger charge is -2.13. The van der Waals surface area contributed by atoms with E-state index in [1.165, 1.54) is 13.0 Å². The van der Waals surface area contributed by atoms with Crippen LogP contribution in [0.25, 0.3) is 6.08 Å². The Morgan fingerprint density at radius 2 is 1.81 bits per heavy atom. The maximum Gasteiger partial charge on any atom is 0.349 e. The Bertz CT molecular complexity index is 1010. The van der Waals surface area contributed by atoms with E-state index in [2.05, 4.69) is 18.4 Å². The number of hydrogen-bond donors (Lipinski definition) is 0. The number of benzene rings is 1. The number of carbonyl (C=O) groups excluding carboxylic acids is 2. The van der Waals surface area contributed by atoms with Gasteiger partial charge in [-0.1, -0.05) is 13.8 Å². The molecule has 1 aromatic heterocycles. The standard InChI is InChI=1S/C25H30N2O4/c1-7-30-23-10-8-20(9-11-23)24(28)19(6)31-25(29)22(14-26)13-21-12-17(4)27(18(21)5)15-16(2)3/h8-13,16,19H,7,15H2,1-6H3/b22-13+/t19-/m0/s1. The van der Waals surface area contributed by atoms with Gasteiger partial charge in [-0.2, -0.15) is 5.26 Å². The fourth-order valence-electron chi connectivity index (χ4n) is 3.31. The van der Waals surface area contributed by atoms with E-state index in [4.69, 9.17) is 9.47 Å². The minimum absolute atomic E-state index is 0.142. The van der Waals surface area contributed by atoms with Crippen molar-refractivity contribution in [1.82, 2.24) is 4.57 Å². The summed E-state index contributed by atoms with van der Waals surface area (Å²) in [7, 11) is 0. The maximum absolute atomic E-state index is 12.6. The number of ether oxygens (including phenoxy) is 2. The molecule has 6 heteroatoms. The molecule has 1 heterocycles. The van der Waals surface area contributed by atoms with Gasteiger partial charge in [-0.05, 0) is 75.6 Å². The van der Waals surface area contributed by atoms with Crippen molar-refractivity contribution >= 4 is 17.8 Å². The average molecular weight is 423 g/mol. The van der Waals surface area contributed by atoms with Gasteiger partial charge in [0.15, 0.2) is 6.10 Å². The molecule has 164 valence electrons. The predicted octanol–water partition coefficient (Wildman–Crippen LogP) is 4.88. The molecule has 0 saturated heterocycles. The highest BCUT2D eigenvalue weighted by Gasteiger charge is 2.22. The summed E-state index contributed by atoms with van der Waals surface area (Å²) < 4.78 is 12.8. The zero-order chi connectivity index (χ0) is 23.1. The fraction of sp³-hybridized carbons (Fsp3) is 0.400. The van der Waals surface area contributed by atoms with E-state index in [1.54, 1.807) is 24.3 Å². The van der Waals surface area contributed by atoms with Gasteiger partial charge in [-0.3, -0.25) is 4.79 Å². The van der Waals surface area contributed by atoms with Crippen molar-refractivity contribution in [2.45, 2.75) is 54.2 Å². The Morgan fingerprint density at radius 3 is 2.35 bits per heavy atom. The van der Waals surface area contributed by atoms with Crippen LogP contribution >= 0.6 is 0 Å². The van der Waals surface area contributed by atoms with Gasteiger partial charge in [0.05, 0.1) is 6.61 Å².